The molecule has 0 aliphatic heterocycles. The van der Waals surface area contributed by atoms with E-state index >= 15 is 0 Å². The molecule has 1 aromatic carbocycles. The van der Waals surface area contributed by atoms with Gasteiger partial charge < -0.3 is 13.6 Å². The molecule has 0 aliphatic rings. The van der Waals surface area contributed by atoms with E-state index in [1.807, 2.05) is 0 Å². The predicted molar refractivity (Wildman–Crippen MR) is 85.6 cm³/mol. The van der Waals surface area contributed by atoms with Gasteiger partial charge in [0.15, 0.2) is 0 Å². The Hall–Kier alpha value is -3.48. The van der Waals surface area contributed by atoms with Crippen molar-refractivity contribution >= 4 is 11.0 Å². The molecule has 0 spiro atoms. The Morgan fingerprint density at radius 3 is 2.71 bits per heavy atom. The molecule has 4 aromatic rings. The summed E-state index contributed by atoms with van der Waals surface area (Å²) >= 11 is 0. The first-order chi connectivity index (χ1) is 11.7. The molecule has 0 N–H and O–H groups in total. The van der Waals surface area contributed by atoms with E-state index < -0.39 is 5.63 Å². The number of hydrogen-bond donors (Lipinski definition) is 0. The molecule has 24 heavy (non-hydrogen) atoms. The van der Waals surface area contributed by atoms with Crippen LogP contribution in [0.2, 0.25) is 0 Å². The molecular formula is C17H11N3O4. The number of aromatic nitrogens is 3. The minimum absolute atomic E-state index is 0.0975. The molecular weight excluding hydrogens is 310 g/mol. The first-order valence-corrected chi connectivity index (χ1v) is 7.11. The highest BCUT2D eigenvalue weighted by Crippen LogP contribution is 2.25. The van der Waals surface area contributed by atoms with Gasteiger partial charge in [0.2, 0.25) is 5.89 Å². The van der Waals surface area contributed by atoms with E-state index in [1.54, 1.807) is 55.9 Å². The third-order valence-corrected chi connectivity index (χ3v) is 3.51. The summed E-state index contributed by atoms with van der Waals surface area (Å²) in [5.74, 6) is 0.989. The highest BCUT2D eigenvalue weighted by molar-refractivity contribution is 5.81. The topological polar surface area (TPSA) is 91.3 Å². The zero-order valence-electron chi connectivity index (χ0n) is 12.6. The second-order valence-corrected chi connectivity index (χ2v) is 5.01. The molecule has 0 radical (unpaired) electrons. The van der Waals surface area contributed by atoms with Gasteiger partial charge in [-0.05, 0) is 30.3 Å². The van der Waals surface area contributed by atoms with Crippen LogP contribution in [0.3, 0.4) is 0 Å². The maximum Gasteiger partial charge on any atom is 0.349 e. The minimum Gasteiger partial charge on any atom is -0.497 e. The number of nitrogens with zero attached hydrogens (tertiary/aromatic N) is 3. The summed E-state index contributed by atoms with van der Waals surface area (Å²) in [6, 6.07) is 10.4. The van der Waals surface area contributed by atoms with E-state index in [2.05, 4.69) is 15.2 Å². The molecule has 0 amide bonds. The van der Waals surface area contributed by atoms with E-state index in [0.29, 0.717) is 16.9 Å². The zero-order valence-corrected chi connectivity index (χ0v) is 12.6. The fraction of sp³-hybridized carbons (Fsp3) is 0.0588. The first kappa shape index (κ1) is 14.1. The lowest BCUT2D eigenvalue weighted by molar-refractivity contribution is 0.414. The number of pyridine rings is 1. The van der Waals surface area contributed by atoms with Crippen LogP contribution in [0.1, 0.15) is 0 Å². The summed E-state index contributed by atoms with van der Waals surface area (Å²) in [6.45, 7) is 0. The van der Waals surface area contributed by atoms with Gasteiger partial charge in [0.05, 0.1) is 12.7 Å². The number of methoxy groups -OCH3 is 1. The van der Waals surface area contributed by atoms with Crippen LogP contribution in [0.4, 0.5) is 0 Å². The van der Waals surface area contributed by atoms with E-state index in [-0.39, 0.29) is 17.3 Å². The molecule has 118 valence electrons. The lowest BCUT2D eigenvalue weighted by Gasteiger charge is -2.02. The molecule has 7 nitrogen and oxygen atoms in total. The molecule has 0 bridgehead atoms. The summed E-state index contributed by atoms with van der Waals surface area (Å²) in [7, 11) is 1.55. The van der Waals surface area contributed by atoms with Crippen molar-refractivity contribution in [1.82, 2.24) is 15.2 Å². The average Bonchev–Trinajstić information content (AvgIpc) is 3.11. The van der Waals surface area contributed by atoms with Crippen LogP contribution in [-0.2, 0) is 0 Å². The second-order valence-electron chi connectivity index (χ2n) is 5.01. The molecule has 0 atom stereocenters. The van der Waals surface area contributed by atoms with Crippen molar-refractivity contribution in [2.45, 2.75) is 0 Å². The van der Waals surface area contributed by atoms with Gasteiger partial charge in [-0.3, -0.25) is 4.98 Å². The number of ether oxygens (including phenoxy) is 1. The van der Waals surface area contributed by atoms with Crippen molar-refractivity contribution in [2.75, 3.05) is 7.11 Å². The Morgan fingerprint density at radius 1 is 1.04 bits per heavy atom. The van der Waals surface area contributed by atoms with Gasteiger partial charge in [0, 0.05) is 23.8 Å². The highest BCUT2D eigenvalue weighted by Gasteiger charge is 2.16. The van der Waals surface area contributed by atoms with Crippen LogP contribution in [0, 0.1) is 0 Å². The van der Waals surface area contributed by atoms with Gasteiger partial charge in [-0.25, -0.2) is 4.79 Å². The third-order valence-electron chi connectivity index (χ3n) is 3.51. The van der Waals surface area contributed by atoms with Crippen molar-refractivity contribution in [3.8, 4) is 28.7 Å². The Morgan fingerprint density at radius 2 is 1.92 bits per heavy atom. The number of fused-ring (bicyclic) bond motifs is 1. The second kappa shape index (κ2) is 5.62. The fourth-order valence-electron chi connectivity index (χ4n) is 2.31. The maximum atomic E-state index is 12.2. The van der Waals surface area contributed by atoms with Gasteiger partial charge in [-0.1, -0.05) is 0 Å². The van der Waals surface area contributed by atoms with Crippen molar-refractivity contribution in [2.24, 2.45) is 0 Å². The van der Waals surface area contributed by atoms with E-state index in [4.69, 9.17) is 13.6 Å². The Balaban J connectivity index is 1.81. The minimum atomic E-state index is -0.558. The molecule has 0 saturated carbocycles. The molecule has 0 fully saturated rings. The normalized spacial score (nSPS) is 10.9. The number of benzene rings is 1. The van der Waals surface area contributed by atoms with Gasteiger partial charge in [-0.2, -0.15) is 0 Å². The van der Waals surface area contributed by atoms with Crippen LogP contribution in [-0.4, -0.2) is 22.3 Å². The van der Waals surface area contributed by atoms with Crippen molar-refractivity contribution < 1.29 is 13.6 Å². The average molecular weight is 321 g/mol. The first-order valence-electron chi connectivity index (χ1n) is 7.11. The number of rotatable bonds is 3. The lowest BCUT2D eigenvalue weighted by Crippen LogP contribution is -2.03. The van der Waals surface area contributed by atoms with Crippen LogP contribution in [0.15, 0.2) is 62.4 Å². The van der Waals surface area contributed by atoms with Crippen LogP contribution in [0.5, 0.6) is 5.75 Å². The SMILES string of the molecule is COc1ccc2cc(-c3nnc(-c4cccnc4)o3)c(=O)oc2c1. The largest absolute Gasteiger partial charge is 0.497 e. The van der Waals surface area contributed by atoms with E-state index in [9.17, 15) is 4.79 Å². The zero-order chi connectivity index (χ0) is 16.5. The summed E-state index contributed by atoms with van der Waals surface area (Å²) in [5, 5.41) is 8.62. The van der Waals surface area contributed by atoms with Gasteiger partial charge >= 0.3 is 5.63 Å². The third kappa shape index (κ3) is 2.41. The molecule has 0 aliphatic carbocycles. The standard InChI is InChI=1S/C17H11N3O4/c1-22-12-5-4-10-7-13(17(21)23-14(10)8-12)16-20-19-15(24-16)11-3-2-6-18-9-11/h2-9H,1H3. The Bertz CT molecular complexity index is 1070. The Kier molecular flexibility index (Phi) is 3.31. The summed E-state index contributed by atoms with van der Waals surface area (Å²) < 4.78 is 16.0. The lowest BCUT2D eigenvalue weighted by atomic mass is 10.2. The Labute approximate surface area is 135 Å². The van der Waals surface area contributed by atoms with E-state index in [1.165, 1.54) is 0 Å². The molecule has 3 heterocycles. The van der Waals surface area contributed by atoms with Crippen molar-refractivity contribution in [3.63, 3.8) is 0 Å². The summed E-state index contributed by atoms with van der Waals surface area (Å²) in [4.78, 5) is 16.2. The smallest absolute Gasteiger partial charge is 0.349 e. The maximum absolute atomic E-state index is 12.2. The van der Waals surface area contributed by atoms with Crippen LogP contribution >= 0.6 is 0 Å². The van der Waals surface area contributed by atoms with Crippen LogP contribution < -0.4 is 10.4 Å². The van der Waals surface area contributed by atoms with Crippen LogP contribution in [0.25, 0.3) is 33.9 Å². The van der Waals surface area contributed by atoms with E-state index in [0.717, 1.165) is 5.39 Å². The molecule has 7 heteroatoms. The summed E-state index contributed by atoms with van der Waals surface area (Å²) in [5.41, 5.74) is 0.744. The van der Waals surface area contributed by atoms with Crippen molar-refractivity contribution in [3.05, 3.63) is 59.2 Å². The molecule has 0 unspecified atom stereocenters. The molecule has 0 saturated heterocycles. The van der Waals surface area contributed by atoms with Gasteiger partial charge in [0.25, 0.3) is 5.89 Å². The highest BCUT2D eigenvalue weighted by atomic mass is 16.5. The molecule has 4 rings (SSSR count). The van der Waals surface area contributed by atoms with Crippen molar-refractivity contribution in [1.29, 1.82) is 0 Å². The quantitative estimate of drug-likeness (QED) is 0.536. The monoisotopic (exact) mass is 321 g/mol. The van der Waals surface area contributed by atoms with Gasteiger partial charge in [-0.15, -0.1) is 10.2 Å². The molecule has 3 aromatic heterocycles. The number of hydrogen-bond acceptors (Lipinski definition) is 7. The van der Waals surface area contributed by atoms with Gasteiger partial charge in [0.1, 0.15) is 16.9 Å². The predicted octanol–water partition coefficient (Wildman–Crippen LogP) is 2.91. The fourth-order valence-corrected chi connectivity index (χ4v) is 2.31. The summed E-state index contributed by atoms with van der Waals surface area (Å²) in [6.07, 6.45) is 3.25.